The molecule has 12 heavy (non-hydrogen) atoms. The zero-order valence-electron chi connectivity index (χ0n) is 5.98. The molecule has 0 aliphatic carbocycles. The van der Waals surface area contributed by atoms with E-state index in [9.17, 15) is 4.79 Å². The molecule has 4 heteroatoms. The van der Waals surface area contributed by atoms with Gasteiger partial charge in [0.25, 0.3) is 0 Å². The van der Waals surface area contributed by atoms with E-state index in [0.29, 0.717) is 10.0 Å². The second-order valence-electron chi connectivity index (χ2n) is 2.24. The van der Waals surface area contributed by atoms with Crippen LogP contribution in [0, 0.1) is 0 Å². The average molecular weight is 268 g/mol. The zero-order chi connectivity index (χ0) is 9.14. The summed E-state index contributed by atoms with van der Waals surface area (Å²) in [5, 5.41) is 0.926. The van der Waals surface area contributed by atoms with E-state index in [0.717, 1.165) is 5.56 Å². The van der Waals surface area contributed by atoms with Gasteiger partial charge in [-0.25, -0.2) is 0 Å². The van der Waals surface area contributed by atoms with Crippen LogP contribution in [0.2, 0.25) is 10.0 Å². The fourth-order valence-corrected chi connectivity index (χ4v) is 1.52. The third-order valence-electron chi connectivity index (χ3n) is 1.36. The van der Waals surface area contributed by atoms with Crippen LogP contribution in [0.4, 0.5) is 0 Å². The first-order chi connectivity index (χ1) is 5.61. The summed E-state index contributed by atoms with van der Waals surface area (Å²) in [6, 6.07) is 5.22. The molecule has 1 aromatic rings. The second kappa shape index (κ2) is 4.26. The second-order valence-corrected chi connectivity index (χ2v) is 3.91. The zero-order valence-corrected chi connectivity index (χ0v) is 9.08. The third-order valence-corrected chi connectivity index (χ3v) is 2.50. The highest BCUT2D eigenvalue weighted by Crippen LogP contribution is 2.26. The fourth-order valence-electron chi connectivity index (χ4n) is 0.835. The van der Waals surface area contributed by atoms with Gasteiger partial charge < -0.3 is 0 Å². The van der Waals surface area contributed by atoms with Crippen LogP contribution in [0.25, 0.3) is 0 Å². The highest BCUT2D eigenvalue weighted by Gasteiger charge is 2.06. The van der Waals surface area contributed by atoms with E-state index in [-0.39, 0.29) is 11.1 Å². The minimum atomic E-state index is -0.105. The summed E-state index contributed by atoms with van der Waals surface area (Å²) in [4.78, 5) is 10.7. The van der Waals surface area contributed by atoms with Crippen LogP contribution in [0.5, 0.6) is 0 Å². The minimum absolute atomic E-state index is 0.105. The van der Waals surface area contributed by atoms with Gasteiger partial charge in [-0.15, -0.1) is 0 Å². The summed E-state index contributed by atoms with van der Waals surface area (Å²) in [5.41, 5.74) is 0.742. The lowest BCUT2D eigenvalue weighted by molar-refractivity contribution is -0.109. The smallest absolute Gasteiger partial charge is 0.202 e. The summed E-state index contributed by atoms with van der Waals surface area (Å²) in [6.45, 7) is 0. The van der Waals surface area contributed by atoms with Crippen molar-refractivity contribution in [3.63, 3.8) is 0 Å². The fraction of sp³-hybridized carbons (Fsp3) is 0.125. The Bertz CT molecular complexity index is 312. The lowest BCUT2D eigenvalue weighted by Crippen LogP contribution is -1.93. The summed E-state index contributed by atoms with van der Waals surface area (Å²) in [6.07, 6.45) is 0.263. The van der Waals surface area contributed by atoms with Crippen LogP contribution >= 0.6 is 39.1 Å². The van der Waals surface area contributed by atoms with E-state index >= 15 is 0 Å². The molecule has 1 nitrogen and oxygen atoms in total. The maximum atomic E-state index is 10.7. The van der Waals surface area contributed by atoms with Crippen LogP contribution in [0.15, 0.2) is 18.2 Å². The number of halogens is 3. The van der Waals surface area contributed by atoms with Crippen LogP contribution in [0.3, 0.4) is 0 Å². The molecule has 0 atom stereocenters. The van der Waals surface area contributed by atoms with E-state index in [1.54, 1.807) is 18.2 Å². The molecule has 0 unspecified atom stereocenters. The maximum absolute atomic E-state index is 10.7. The van der Waals surface area contributed by atoms with E-state index in [1.807, 2.05) is 0 Å². The van der Waals surface area contributed by atoms with Gasteiger partial charge in [-0.3, -0.25) is 4.79 Å². The van der Waals surface area contributed by atoms with E-state index in [2.05, 4.69) is 15.9 Å². The number of hydrogen-bond donors (Lipinski definition) is 0. The van der Waals surface area contributed by atoms with Crippen molar-refractivity contribution in [1.82, 2.24) is 0 Å². The molecule has 0 heterocycles. The Balaban J connectivity index is 3.00. The quantitative estimate of drug-likeness (QED) is 0.750. The number of rotatable bonds is 2. The van der Waals surface area contributed by atoms with E-state index in [1.165, 1.54) is 0 Å². The van der Waals surface area contributed by atoms with Gasteiger partial charge in [0, 0.05) is 6.42 Å². The highest BCUT2D eigenvalue weighted by molar-refractivity contribution is 9.18. The van der Waals surface area contributed by atoms with Gasteiger partial charge in [0.05, 0.1) is 10.0 Å². The van der Waals surface area contributed by atoms with Gasteiger partial charge in [0.15, 0.2) is 0 Å². The molecule has 0 fully saturated rings. The summed E-state index contributed by atoms with van der Waals surface area (Å²) >= 11 is 14.4. The van der Waals surface area contributed by atoms with E-state index in [4.69, 9.17) is 23.2 Å². The van der Waals surface area contributed by atoms with Crippen molar-refractivity contribution in [2.75, 3.05) is 0 Å². The molecule has 0 N–H and O–H groups in total. The van der Waals surface area contributed by atoms with Gasteiger partial charge in [-0.05, 0) is 27.6 Å². The first kappa shape index (κ1) is 10.0. The van der Waals surface area contributed by atoms with Crippen molar-refractivity contribution >= 4 is 43.8 Å². The van der Waals surface area contributed by atoms with Crippen molar-refractivity contribution in [2.24, 2.45) is 0 Å². The largest absolute Gasteiger partial charge is 0.286 e. The molecular formula is C8H5BrCl2O. The van der Waals surface area contributed by atoms with Crippen LogP contribution < -0.4 is 0 Å². The van der Waals surface area contributed by atoms with Crippen molar-refractivity contribution < 1.29 is 4.79 Å². The molecule has 0 aliphatic heterocycles. The average Bonchev–Trinajstić information content (AvgIpc) is 1.98. The number of hydrogen-bond acceptors (Lipinski definition) is 1. The third kappa shape index (κ3) is 2.47. The lowest BCUT2D eigenvalue weighted by Gasteiger charge is -2.01. The Morgan fingerprint density at radius 3 is 2.67 bits per heavy atom. The topological polar surface area (TPSA) is 17.1 Å². The molecule has 64 valence electrons. The molecule has 0 saturated carbocycles. The molecule has 1 rings (SSSR count). The molecule has 0 amide bonds. The number of carbonyl (C=O) groups is 1. The van der Waals surface area contributed by atoms with Gasteiger partial charge in [0.1, 0.15) is 0 Å². The predicted octanol–water partition coefficient (Wildman–Crippen LogP) is 3.46. The molecule has 0 aromatic heterocycles. The summed E-state index contributed by atoms with van der Waals surface area (Å²) < 4.78 is -0.105. The van der Waals surface area contributed by atoms with Crippen molar-refractivity contribution in [3.8, 4) is 0 Å². The van der Waals surface area contributed by atoms with Crippen molar-refractivity contribution in [2.45, 2.75) is 6.42 Å². The molecule has 0 bridgehead atoms. The molecule has 0 aliphatic rings. The van der Waals surface area contributed by atoms with Crippen molar-refractivity contribution in [3.05, 3.63) is 33.8 Å². The molecular weight excluding hydrogens is 263 g/mol. The first-order valence-electron chi connectivity index (χ1n) is 3.22. The summed E-state index contributed by atoms with van der Waals surface area (Å²) in [5.74, 6) is 0. The van der Waals surface area contributed by atoms with E-state index < -0.39 is 0 Å². The van der Waals surface area contributed by atoms with Crippen LogP contribution in [-0.4, -0.2) is 4.69 Å². The standard InChI is InChI=1S/C8H5BrCl2O/c9-7(12)4-5-2-1-3-6(10)8(5)11/h1-3H,4H2. The monoisotopic (exact) mass is 266 g/mol. The Hall–Kier alpha value is -0.0500. The van der Waals surface area contributed by atoms with Crippen molar-refractivity contribution in [1.29, 1.82) is 0 Å². The summed E-state index contributed by atoms with van der Waals surface area (Å²) in [7, 11) is 0. The SMILES string of the molecule is O=C(Br)Cc1cccc(Cl)c1Cl. The Kier molecular flexibility index (Phi) is 3.56. The predicted molar refractivity (Wildman–Crippen MR) is 54.1 cm³/mol. The Morgan fingerprint density at radius 1 is 1.42 bits per heavy atom. The molecule has 0 radical (unpaired) electrons. The highest BCUT2D eigenvalue weighted by atomic mass is 79.9. The van der Waals surface area contributed by atoms with Crippen LogP contribution in [-0.2, 0) is 11.2 Å². The number of benzene rings is 1. The van der Waals surface area contributed by atoms with Gasteiger partial charge in [0.2, 0.25) is 4.69 Å². The first-order valence-corrected chi connectivity index (χ1v) is 4.77. The Morgan fingerprint density at radius 2 is 2.08 bits per heavy atom. The van der Waals surface area contributed by atoms with Gasteiger partial charge >= 0.3 is 0 Å². The maximum Gasteiger partial charge on any atom is 0.202 e. The Labute approximate surface area is 88.8 Å². The normalized spacial score (nSPS) is 9.92. The molecule has 0 saturated heterocycles. The number of carbonyl (C=O) groups excluding carboxylic acids is 1. The lowest BCUT2D eigenvalue weighted by atomic mass is 10.2. The van der Waals surface area contributed by atoms with Gasteiger partial charge in [-0.2, -0.15) is 0 Å². The molecule has 1 aromatic carbocycles. The van der Waals surface area contributed by atoms with Gasteiger partial charge in [-0.1, -0.05) is 35.3 Å². The minimum Gasteiger partial charge on any atom is -0.286 e. The van der Waals surface area contributed by atoms with Crippen LogP contribution in [0.1, 0.15) is 5.56 Å². The molecule has 0 spiro atoms.